The highest BCUT2D eigenvalue weighted by atomic mass is 16.3. The number of nitrogens with zero attached hydrogens (tertiary/aromatic N) is 1. The van der Waals surface area contributed by atoms with E-state index in [1.807, 2.05) is 25.2 Å². The van der Waals surface area contributed by atoms with E-state index in [-0.39, 0.29) is 6.04 Å². The van der Waals surface area contributed by atoms with Gasteiger partial charge >= 0.3 is 0 Å². The molecule has 0 spiro atoms. The fourth-order valence-corrected chi connectivity index (χ4v) is 2.49. The van der Waals surface area contributed by atoms with Crippen LogP contribution in [-0.4, -0.2) is 29.2 Å². The van der Waals surface area contributed by atoms with Gasteiger partial charge in [-0.05, 0) is 19.5 Å². The molecule has 0 radical (unpaired) electrons. The van der Waals surface area contributed by atoms with E-state index < -0.39 is 5.60 Å². The number of likely N-dealkylation sites (N-methyl/N-ethyl adjacent to an activating group) is 1. The van der Waals surface area contributed by atoms with Crippen molar-refractivity contribution in [2.75, 3.05) is 13.6 Å². The van der Waals surface area contributed by atoms with E-state index in [0.29, 0.717) is 6.42 Å². The summed E-state index contributed by atoms with van der Waals surface area (Å²) in [5, 5.41) is 10.6. The van der Waals surface area contributed by atoms with Gasteiger partial charge in [0, 0.05) is 13.0 Å². The molecule has 1 heterocycles. The molecule has 2 unspecified atom stereocenters. The van der Waals surface area contributed by atoms with Crippen molar-refractivity contribution in [3.63, 3.8) is 0 Å². The fourth-order valence-electron chi connectivity index (χ4n) is 2.49. The molecule has 2 rings (SSSR count). The van der Waals surface area contributed by atoms with Gasteiger partial charge < -0.3 is 5.11 Å². The van der Waals surface area contributed by atoms with E-state index in [0.717, 1.165) is 12.1 Å². The molecule has 2 atom stereocenters. The van der Waals surface area contributed by atoms with Crippen LogP contribution in [0.15, 0.2) is 30.3 Å². The van der Waals surface area contributed by atoms with Crippen LogP contribution in [0.3, 0.4) is 0 Å². The fraction of sp³-hybridized carbons (Fsp3) is 0.429. The van der Waals surface area contributed by atoms with Crippen molar-refractivity contribution in [1.29, 1.82) is 0 Å². The number of rotatable bonds is 1. The van der Waals surface area contributed by atoms with Gasteiger partial charge in [0.25, 0.3) is 0 Å². The van der Waals surface area contributed by atoms with Crippen LogP contribution in [0.2, 0.25) is 0 Å². The first-order valence-corrected chi connectivity index (χ1v) is 5.59. The second-order valence-corrected chi connectivity index (χ2v) is 4.34. The van der Waals surface area contributed by atoms with E-state index in [9.17, 15) is 5.11 Å². The molecule has 0 aromatic heterocycles. The predicted octanol–water partition coefficient (Wildman–Crippen LogP) is 1.82. The van der Waals surface area contributed by atoms with E-state index in [2.05, 4.69) is 28.9 Å². The van der Waals surface area contributed by atoms with Crippen LogP contribution < -0.4 is 0 Å². The van der Waals surface area contributed by atoms with Crippen molar-refractivity contribution < 1.29 is 5.11 Å². The molecule has 2 heteroatoms. The molecule has 16 heavy (non-hydrogen) atoms. The van der Waals surface area contributed by atoms with Crippen LogP contribution >= 0.6 is 0 Å². The summed E-state index contributed by atoms with van der Waals surface area (Å²) in [4.78, 5) is 2.17. The molecule has 2 nitrogen and oxygen atoms in total. The van der Waals surface area contributed by atoms with E-state index >= 15 is 0 Å². The summed E-state index contributed by atoms with van der Waals surface area (Å²) in [7, 11) is 2.03. The maximum Gasteiger partial charge on any atom is 0.146 e. The minimum Gasteiger partial charge on any atom is -0.376 e. The molecule has 0 saturated carbocycles. The van der Waals surface area contributed by atoms with Crippen molar-refractivity contribution in [2.24, 2.45) is 0 Å². The van der Waals surface area contributed by atoms with Gasteiger partial charge in [0.15, 0.2) is 0 Å². The van der Waals surface area contributed by atoms with Gasteiger partial charge in [-0.3, -0.25) is 4.90 Å². The molecule has 0 bridgehead atoms. The lowest BCUT2D eigenvalue weighted by Crippen LogP contribution is -2.34. The number of likely N-dealkylation sites (tertiary alicyclic amines) is 1. The molecule has 1 aromatic carbocycles. The van der Waals surface area contributed by atoms with Crippen LogP contribution in [0.5, 0.6) is 0 Å². The van der Waals surface area contributed by atoms with Gasteiger partial charge in [-0.2, -0.15) is 0 Å². The maximum atomic E-state index is 10.6. The summed E-state index contributed by atoms with van der Waals surface area (Å²) < 4.78 is 0. The predicted molar refractivity (Wildman–Crippen MR) is 64.8 cm³/mol. The molecular formula is C14H17NO. The van der Waals surface area contributed by atoms with Gasteiger partial charge in [-0.15, -0.1) is 5.92 Å². The summed E-state index contributed by atoms with van der Waals surface area (Å²) in [6.45, 7) is 2.66. The maximum absolute atomic E-state index is 10.6. The molecule has 1 fully saturated rings. The van der Waals surface area contributed by atoms with Gasteiger partial charge in [0.05, 0.1) is 6.04 Å². The lowest BCUT2D eigenvalue weighted by molar-refractivity contribution is 0.0623. The molecule has 1 N–H and O–H groups in total. The van der Waals surface area contributed by atoms with E-state index in [4.69, 9.17) is 0 Å². The van der Waals surface area contributed by atoms with Gasteiger partial charge in [0.2, 0.25) is 0 Å². The number of hydrogen-bond donors (Lipinski definition) is 1. The summed E-state index contributed by atoms with van der Waals surface area (Å²) >= 11 is 0. The minimum atomic E-state index is -0.898. The first kappa shape index (κ1) is 11.2. The van der Waals surface area contributed by atoms with Gasteiger partial charge in [-0.1, -0.05) is 36.3 Å². The zero-order valence-electron chi connectivity index (χ0n) is 9.77. The molecule has 1 aliphatic rings. The lowest BCUT2D eigenvalue weighted by atomic mass is 9.89. The van der Waals surface area contributed by atoms with Gasteiger partial charge in [-0.25, -0.2) is 0 Å². The Balaban J connectivity index is 2.39. The van der Waals surface area contributed by atoms with Crippen molar-refractivity contribution >= 4 is 0 Å². The number of hydrogen-bond acceptors (Lipinski definition) is 2. The minimum absolute atomic E-state index is 0.0128. The third-order valence-electron chi connectivity index (χ3n) is 3.20. The number of aliphatic hydroxyl groups is 1. The number of benzene rings is 1. The van der Waals surface area contributed by atoms with Crippen molar-refractivity contribution in [3.8, 4) is 11.8 Å². The highest BCUT2D eigenvalue weighted by molar-refractivity contribution is 5.30. The molecule has 1 saturated heterocycles. The lowest BCUT2D eigenvalue weighted by Gasteiger charge is -2.28. The smallest absolute Gasteiger partial charge is 0.146 e. The standard InChI is InChI=1S/C14H17NO/c1-3-9-14(16)10-11-15(2)13(14)12-7-5-4-6-8-12/h4-8,13,16H,10-11H2,1-2H3. The van der Waals surface area contributed by atoms with E-state index in [1.54, 1.807) is 6.92 Å². The molecule has 1 aromatic rings. The van der Waals surface area contributed by atoms with Crippen molar-refractivity contribution in [2.45, 2.75) is 25.0 Å². The first-order chi connectivity index (χ1) is 7.67. The molecule has 1 aliphatic heterocycles. The topological polar surface area (TPSA) is 23.5 Å². The Morgan fingerprint density at radius 1 is 1.38 bits per heavy atom. The van der Waals surface area contributed by atoms with Crippen molar-refractivity contribution in [3.05, 3.63) is 35.9 Å². The molecule has 0 aliphatic carbocycles. The van der Waals surface area contributed by atoms with Crippen LogP contribution in [-0.2, 0) is 0 Å². The zero-order valence-corrected chi connectivity index (χ0v) is 9.77. The Bertz CT molecular complexity index is 417. The van der Waals surface area contributed by atoms with Crippen LogP contribution in [0.1, 0.15) is 24.9 Å². The average molecular weight is 215 g/mol. The summed E-state index contributed by atoms with van der Waals surface area (Å²) in [6.07, 6.45) is 0.712. The first-order valence-electron chi connectivity index (χ1n) is 5.59. The molecule has 84 valence electrons. The Morgan fingerprint density at radius 2 is 2.06 bits per heavy atom. The SMILES string of the molecule is CC#CC1(O)CCN(C)C1c1ccccc1. The van der Waals surface area contributed by atoms with E-state index in [1.165, 1.54) is 0 Å². The molecular weight excluding hydrogens is 198 g/mol. The Morgan fingerprint density at radius 3 is 2.69 bits per heavy atom. The highest BCUT2D eigenvalue weighted by Gasteiger charge is 2.44. The molecule has 0 amide bonds. The zero-order chi connectivity index (χ0) is 11.6. The third-order valence-corrected chi connectivity index (χ3v) is 3.20. The second-order valence-electron chi connectivity index (χ2n) is 4.34. The van der Waals surface area contributed by atoms with Crippen LogP contribution in [0.25, 0.3) is 0 Å². The monoisotopic (exact) mass is 215 g/mol. The Labute approximate surface area is 96.9 Å². The summed E-state index contributed by atoms with van der Waals surface area (Å²) in [5.41, 5.74) is 0.234. The quantitative estimate of drug-likeness (QED) is 0.722. The third kappa shape index (κ3) is 1.84. The van der Waals surface area contributed by atoms with Gasteiger partial charge in [0.1, 0.15) is 5.60 Å². The Hall–Kier alpha value is -1.30. The van der Waals surface area contributed by atoms with Crippen LogP contribution in [0, 0.1) is 11.8 Å². The summed E-state index contributed by atoms with van der Waals surface area (Å²) in [5.74, 6) is 5.81. The highest BCUT2D eigenvalue weighted by Crippen LogP contribution is 2.38. The van der Waals surface area contributed by atoms with Crippen LogP contribution in [0.4, 0.5) is 0 Å². The normalized spacial score (nSPS) is 29.8. The van der Waals surface area contributed by atoms with Crippen molar-refractivity contribution in [1.82, 2.24) is 4.90 Å². The Kier molecular flexibility index (Phi) is 3.00. The largest absolute Gasteiger partial charge is 0.376 e. The second kappa shape index (κ2) is 4.29. The summed E-state index contributed by atoms with van der Waals surface area (Å²) in [6, 6.07) is 10.1. The average Bonchev–Trinajstić information content (AvgIpc) is 2.56.